The molecule has 3 aliphatic carbocycles. The van der Waals surface area contributed by atoms with E-state index in [0.29, 0.717) is 0 Å². The van der Waals surface area contributed by atoms with Crippen LogP contribution >= 0.6 is 0 Å². The third kappa shape index (κ3) is 2.68. The SMILES string of the molecule is C=O.CC1CCC2C(CCC3C2CCC(O)C3(C)C)C1. The molecule has 20 heavy (non-hydrogen) atoms. The Morgan fingerprint density at radius 1 is 0.950 bits per heavy atom. The van der Waals surface area contributed by atoms with Crippen LogP contribution in [0.1, 0.15) is 65.7 Å². The highest BCUT2D eigenvalue weighted by molar-refractivity contribution is 5.11. The molecule has 0 radical (unpaired) electrons. The van der Waals surface area contributed by atoms with Crippen LogP contribution in [0.3, 0.4) is 0 Å². The maximum Gasteiger partial charge on any atom is 0.106 e. The molecule has 0 heterocycles. The molecular formula is C18H32O2. The van der Waals surface area contributed by atoms with Crippen molar-refractivity contribution >= 4 is 6.79 Å². The fourth-order valence-corrected chi connectivity index (χ4v) is 5.63. The fourth-order valence-electron chi connectivity index (χ4n) is 5.63. The minimum atomic E-state index is -0.0576. The first-order valence-electron chi connectivity index (χ1n) is 8.47. The van der Waals surface area contributed by atoms with Crippen LogP contribution in [0.4, 0.5) is 0 Å². The van der Waals surface area contributed by atoms with E-state index < -0.39 is 0 Å². The molecule has 116 valence electrons. The average Bonchev–Trinajstić information content (AvgIpc) is 2.44. The fraction of sp³-hybridized carbons (Fsp3) is 0.944. The van der Waals surface area contributed by atoms with E-state index in [-0.39, 0.29) is 11.5 Å². The molecule has 3 saturated carbocycles. The minimum Gasteiger partial charge on any atom is -0.393 e. The Morgan fingerprint density at radius 2 is 1.60 bits per heavy atom. The van der Waals surface area contributed by atoms with Crippen LogP contribution in [0, 0.1) is 35.0 Å². The van der Waals surface area contributed by atoms with Crippen LogP contribution in [-0.2, 0) is 4.79 Å². The lowest BCUT2D eigenvalue weighted by Gasteiger charge is -2.56. The molecule has 0 amide bonds. The Bertz CT molecular complexity index is 325. The summed E-state index contributed by atoms with van der Waals surface area (Å²) >= 11 is 0. The normalized spacial score (nSPS) is 46.4. The van der Waals surface area contributed by atoms with Crippen molar-refractivity contribution in [3.8, 4) is 0 Å². The number of fused-ring (bicyclic) bond motifs is 3. The summed E-state index contributed by atoms with van der Waals surface area (Å²) in [4.78, 5) is 8.00. The number of hydrogen-bond donors (Lipinski definition) is 1. The zero-order chi connectivity index (χ0) is 14.9. The van der Waals surface area contributed by atoms with E-state index in [0.717, 1.165) is 36.0 Å². The Labute approximate surface area is 124 Å². The van der Waals surface area contributed by atoms with Crippen molar-refractivity contribution in [2.24, 2.45) is 35.0 Å². The van der Waals surface area contributed by atoms with Crippen LogP contribution in [0.15, 0.2) is 0 Å². The average molecular weight is 280 g/mol. The monoisotopic (exact) mass is 280 g/mol. The highest BCUT2D eigenvalue weighted by Gasteiger charge is 2.51. The second kappa shape index (κ2) is 6.17. The Balaban J connectivity index is 0.000000704. The summed E-state index contributed by atoms with van der Waals surface area (Å²) in [5.41, 5.74) is 0.164. The molecule has 6 unspecified atom stereocenters. The summed E-state index contributed by atoms with van der Waals surface area (Å²) in [6.07, 6.45) is 9.51. The van der Waals surface area contributed by atoms with Crippen molar-refractivity contribution in [3.63, 3.8) is 0 Å². The van der Waals surface area contributed by atoms with Crippen LogP contribution in [0.25, 0.3) is 0 Å². The first kappa shape index (κ1) is 16.0. The van der Waals surface area contributed by atoms with Gasteiger partial charge in [0.2, 0.25) is 0 Å². The highest BCUT2D eigenvalue weighted by atomic mass is 16.3. The van der Waals surface area contributed by atoms with E-state index in [2.05, 4.69) is 20.8 Å². The summed E-state index contributed by atoms with van der Waals surface area (Å²) in [5, 5.41) is 10.3. The van der Waals surface area contributed by atoms with Crippen LogP contribution in [0.5, 0.6) is 0 Å². The Morgan fingerprint density at radius 3 is 2.30 bits per heavy atom. The predicted octanol–water partition coefficient (Wildman–Crippen LogP) is 4.06. The standard InChI is InChI=1S/C17H30O.CH2O/c1-11-4-6-13-12(10-11)5-8-15-14(13)7-9-16(18)17(15,2)3;1-2/h11-16,18H,4-10H2,1-3H3;1H2. The van der Waals surface area contributed by atoms with Crippen molar-refractivity contribution < 1.29 is 9.90 Å². The lowest BCUT2D eigenvalue weighted by atomic mass is 9.50. The molecule has 2 nitrogen and oxygen atoms in total. The van der Waals surface area contributed by atoms with Gasteiger partial charge in [0.05, 0.1) is 6.10 Å². The minimum absolute atomic E-state index is 0.0576. The van der Waals surface area contributed by atoms with Gasteiger partial charge >= 0.3 is 0 Å². The van der Waals surface area contributed by atoms with Gasteiger partial charge in [-0.25, -0.2) is 0 Å². The van der Waals surface area contributed by atoms with Crippen molar-refractivity contribution in [2.75, 3.05) is 0 Å². The first-order chi connectivity index (χ1) is 9.50. The zero-order valence-electron chi connectivity index (χ0n) is 13.5. The third-order valence-corrected chi connectivity index (χ3v) is 6.81. The molecule has 3 rings (SSSR count). The molecule has 1 N–H and O–H groups in total. The second-order valence-electron chi connectivity index (χ2n) is 8.10. The Kier molecular flexibility index (Phi) is 4.94. The van der Waals surface area contributed by atoms with E-state index in [4.69, 9.17) is 4.79 Å². The van der Waals surface area contributed by atoms with Gasteiger partial charge in [-0.15, -0.1) is 0 Å². The van der Waals surface area contributed by atoms with E-state index in [1.165, 1.54) is 38.5 Å². The predicted molar refractivity (Wildman–Crippen MR) is 82.4 cm³/mol. The molecule has 0 spiro atoms. The van der Waals surface area contributed by atoms with Gasteiger partial charge < -0.3 is 9.90 Å². The lowest BCUT2D eigenvalue weighted by molar-refractivity contribution is -0.110. The number of rotatable bonds is 0. The molecule has 3 aliphatic rings. The van der Waals surface area contributed by atoms with Crippen molar-refractivity contribution in [1.29, 1.82) is 0 Å². The molecule has 0 aromatic rings. The molecular weight excluding hydrogens is 248 g/mol. The van der Waals surface area contributed by atoms with Crippen molar-refractivity contribution in [2.45, 2.75) is 71.8 Å². The van der Waals surface area contributed by atoms with Crippen molar-refractivity contribution in [1.82, 2.24) is 0 Å². The molecule has 0 saturated heterocycles. The van der Waals surface area contributed by atoms with Gasteiger partial charge in [0, 0.05) is 0 Å². The van der Waals surface area contributed by atoms with Gasteiger partial charge in [0.15, 0.2) is 0 Å². The Hall–Kier alpha value is -0.370. The quantitative estimate of drug-likeness (QED) is 0.726. The zero-order valence-corrected chi connectivity index (χ0v) is 13.5. The lowest BCUT2D eigenvalue weighted by Crippen LogP contribution is -2.51. The van der Waals surface area contributed by atoms with E-state index >= 15 is 0 Å². The summed E-state index contributed by atoms with van der Waals surface area (Å²) < 4.78 is 0. The maximum atomic E-state index is 10.3. The summed E-state index contributed by atoms with van der Waals surface area (Å²) in [6, 6.07) is 0. The van der Waals surface area contributed by atoms with Gasteiger partial charge in [0.25, 0.3) is 0 Å². The maximum absolute atomic E-state index is 10.3. The summed E-state index contributed by atoms with van der Waals surface area (Å²) in [6.45, 7) is 9.08. The van der Waals surface area contributed by atoms with Crippen molar-refractivity contribution in [3.05, 3.63) is 0 Å². The molecule has 0 aromatic carbocycles. The van der Waals surface area contributed by atoms with E-state index in [1.807, 2.05) is 6.79 Å². The largest absolute Gasteiger partial charge is 0.393 e. The van der Waals surface area contributed by atoms with Crippen LogP contribution in [-0.4, -0.2) is 18.0 Å². The number of carbonyl (C=O) groups is 1. The molecule has 6 atom stereocenters. The molecule has 0 aliphatic heterocycles. The number of hydrogen-bond acceptors (Lipinski definition) is 2. The summed E-state index contributed by atoms with van der Waals surface area (Å²) in [7, 11) is 0. The molecule has 3 fully saturated rings. The summed E-state index contributed by atoms with van der Waals surface area (Å²) in [5.74, 6) is 4.68. The topological polar surface area (TPSA) is 37.3 Å². The molecule has 0 aromatic heterocycles. The van der Waals surface area contributed by atoms with Gasteiger partial charge in [-0.1, -0.05) is 27.2 Å². The van der Waals surface area contributed by atoms with Crippen LogP contribution in [0.2, 0.25) is 0 Å². The number of aliphatic hydroxyl groups is 1. The van der Waals surface area contributed by atoms with Crippen LogP contribution < -0.4 is 0 Å². The molecule has 0 bridgehead atoms. The second-order valence-corrected chi connectivity index (χ2v) is 8.10. The highest BCUT2D eigenvalue weighted by Crippen LogP contribution is 2.57. The van der Waals surface area contributed by atoms with Gasteiger partial charge in [0.1, 0.15) is 6.79 Å². The van der Waals surface area contributed by atoms with E-state index in [1.54, 1.807) is 0 Å². The smallest absolute Gasteiger partial charge is 0.106 e. The first-order valence-corrected chi connectivity index (χ1v) is 8.47. The molecule has 2 heteroatoms. The van der Waals surface area contributed by atoms with E-state index in [9.17, 15) is 5.11 Å². The van der Waals surface area contributed by atoms with Gasteiger partial charge in [-0.05, 0) is 73.5 Å². The third-order valence-electron chi connectivity index (χ3n) is 6.81. The van der Waals surface area contributed by atoms with Gasteiger partial charge in [-0.2, -0.15) is 0 Å². The number of aliphatic hydroxyl groups excluding tert-OH is 1. The number of carbonyl (C=O) groups excluding carboxylic acids is 1. The van der Waals surface area contributed by atoms with Gasteiger partial charge in [-0.3, -0.25) is 0 Å².